The summed E-state index contributed by atoms with van der Waals surface area (Å²) in [4.78, 5) is 31.1. The maximum Gasteiger partial charge on any atom is 0.341 e. The van der Waals surface area contributed by atoms with Crippen molar-refractivity contribution in [2.24, 2.45) is 10.9 Å². The van der Waals surface area contributed by atoms with E-state index in [1.807, 2.05) is 0 Å². The van der Waals surface area contributed by atoms with Crippen LogP contribution < -0.4 is 20.8 Å². The number of carboxylic acid groups (broad SMARTS) is 1. The SMILES string of the molecule is CO/N=C1\CCN(c2c(F)cc3c(=O)c(C(=O)O)cn(C4CC4)c3c2OC)CC1(C)N. The van der Waals surface area contributed by atoms with Crippen LogP contribution in [-0.4, -0.2) is 54.2 Å². The lowest BCUT2D eigenvalue weighted by Crippen LogP contribution is -2.59. The molecule has 2 fully saturated rings. The number of hydrogen-bond donors (Lipinski definition) is 2. The first-order valence-corrected chi connectivity index (χ1v) is 10.0. The molecule has 0 bridgehead atoms. The zero-order valence-corrected chi connectivity index (χ0v) is 17.6. The van der Waals surface area contributed by atoms with Gasteiger partial charge in [0, 0.05) is 31.7 Å². The van der Waals surface area contributed by atoms with E-state index >= 15 is 4.39 Å². The van der Waals surface area contributed by atoms with E-state index in [0.29, 0.717) is 24.2 Å². The maximum absolute atomic E-state index is 15.4. The number of rotatable bonds is 5. The number of aromatic carboxylic acids is 1. The predicted octanol–water partition coefficient (Wildman–Crippen LogP) is 2.11. The highest BCUT2D eigenvalue weighted by Gasteiger charge is 2.37. The molecule has 1 atom stereocenters. The standard InChI is InChI=1S/C21H25FN4O5/c1-21(23)10-25(7-6-15(21)24-31-3)17-14(22)8-12-16(19(17)30-2)26(11-4-5-11)9-13(18(12)27)20(28)29/h8-9,11H,4-7,10,23H2,1-3H3,(H,28,29)/b24-15+. The monoisotopic (exact) mass is 432 g/mol. The summed E-state index contributed by atoms with van der Waals surface area (Å²) >= 11 is 0. The third-order valence-electron chi connectivity index (χ3n) is 5.89. The second-order valence-electron chi connectivity index (χ2n) is 8.26. The maximum atomic E-state index is 15.4. The topological polar surface area (TPSA) is 119 Å². The molecule has 2 heterocycles. The van der Waals surface area contributed by atoms with Crippen molar-refractivity contribution >= 4 is 28.3 Å². The van der Waals surface area contributed by atoms with Crippen LogP contribution >= 0.6 is 0 Å². The summed E-state index contributed by atoms with van der Waals surface area (Å²) in [6, 6.07) is 1.14. The van der Waals surface area contributed by atoms with Crippen molar-refractivity contribution in [3.8, 4) is 5.75 Å². The second kappa shape index (κ2) is 7.52. The van der Waals surface area contributed by atoms with Crippen LogP contribution in [0.2, 0.25) is 0 Å². The van der Waals surface area contributed by atoms with Gasteiger partial charge in [0.1, 0.15) is 18.4 Å². The molecule has 1 aliphatic heterocycles. The Bertz CT molecular complexity index is 1150. The van der Waals surface area contributed by atoms with Gasteiger partial charge in [0.2, 0.25) is 5.43 Å². The number of benzene rings is 1. The Morgan fingerprint density at radius 3 is 2.65 bits per heavy atom. The summed E-state index contributed by atoms with van der Waals surface area (Å²) in [5.74, 6) is -1.82. The third-order valence-corrected chi connectivity index (χ3v) is 5.89. The molecule has 1 saturated carbocycles. The molecule has 9 nitrogen and oxygen atoms in total. The number of nitrogens with zero attached hydrogens (tertiary/aromatic N) is 3. The van der Waals surface area contributed by atoms with E-state index in [9.17, 15) is 14.7 Å². The smallest absolute Gasteiger partial charge is 0.341 e. The van der Waals surface area contributed by atoms with Crippen molar-refractivity contribution in [3.05, 3.63) is 33.9 Å². The number of pyridine rings is 1. The number of fused-ring (bicyclic) bond motifs is 1. The Morgan fingerprint density at radius 2 is 2.10 bits per heavy atom. The Balaban J connectivity index is 1.94. The van der Waals surface area contributed by atoms with Gasteiger partial charge in [-0.3, -0.25) is 4.79 Å². The van der Waals surface area contributed by atoms with Crippen molar-refractivity contribution < 1.29 is 23.9 Å². The molecule has 0 amide bonds. The minimum atomic E-state index is -1.34. The number of carbonyl (C=O) groups is 1. The number of hydrogen-bond acceptors (Lipinski definition) is 7. The molecule has 0 radical (unpaired) electrons. The number of piperidine rings is 1. The lowest BCUT2D eigenvalue weighted by Gasteiger charge is -2.40. The summed E-state index contributed by atoms with van der Waals surface area (Å²) in [5, 5.41) is 13.4. The van der Waals surface area contributed by atoms with Crippen molar-refractivity contribution in [3.63, 3.8) is 0 Å². The van der Waals surface area contributed by atoms with E-state index in [1.165, 1.54) is 20.4 Å². The molecule has 1 aliphatic carbocycles. The van der Waals surface area contributed by atoms with Gasteiger partial charge in [0.15, 0.2) is 11.6 Å². The number of anilines is 1. The molecule has 1 aromatic carbocycles. The van der Waals surface area contributed by atoms with Gasteiger partial charge in [0.25, 0.3) is 0 Å². The number of carboxylic acids is 1. The lowest BCUT2D eigenvalue weighted by molar-refractivity contribution is 0.0695. The summed E-state index contributed by atoms with van der Waals surface area (Å²) < 4.78 is 22.7. The van der Waals surface area contributed by atoms with E-state index in [-0.39, 0.29) is 35.0 Å². The highest BCUT2D eigenvalue weighted by Crippen LogP contribution is 2.44. The molecule has 1 aromatic heterocycles. The van der Waals surface area contributed by atoms with E-state index in [1.54, 1.807) is 16.4 Å². The van der Waals surface area contributed by atoms with Gasteiger partial charge in [-0.05, 0) is 25.8 Å². The van der Waals surface area contributed by atoms with Crippen molar-refractivity contribution in [2.45, 2.75) is 37.8 Å². The summed E-state index contributed by atoms with van der Waals surface area (Å²) in [5.41, 5.74) is 5.70. The third kappa shape index (κ3) is 3.50. The predicted molar refractivity (Wildman–Crippen MR) is 114 cm³/mol. The minimum Gasteiger partial charge on any atom is -0.492 e. The lowest BCUT2D eigenvalue weighted by atomic mass is 9.89. The van der Waals surface area contributed by atoms with Gasteiger partial charge in [-0.25, -0.2) is 9.18 Å². The number of halogens is 1. The molecule has 10 heteroatoms. The minimum absolute atomic E-state index is 0.0148. The van der Waals surface area contributed by atoms with Gasteiger partial charge in [-0.2, -0.15) is 0 Å². The van der Waals surface area contributed by atoms with Gasteiger partial charge in [0.05, 0.1) is 29.3 Å². The molecule has 3 N–H and O–H groups in total. The van der Waals surface area contributed by atoms with Crippen molar-refractivity contribution in [1.29, 1.82) is 0 Å². The molecule has 31 heavy (non-hydrogen) atoms. The number of nitrogens with two attached hydrogens (primary N) is 1. The van der Waals surface area contributed by atoms with Gasteiger partial charge in [-0.15, -0.1) is 0 Å². The highest BCUT2D eigenvalue weighted by molar-refractivity contribution is 5.98. The van der Waals surface area contributed by atoms with Crippen LogP contribution in [0.4, 0.5) is 10.1 Å². The second-order valence-corrected chi connectivity index (χ2v) is 8.26. The fraction of sp³-hybridized carbons (Fsp3) is 0.476. The Kier molecular flexibility index (Phi) is 5.12. The van der Waals surface area contributed by atoms with E-state index in [0.717, 1.165) is 18.9 Å². The Labute approximate surface area is 177 Å². The molecule has 4 rings (SSSR count). The first kappa shape index (κ1) is 21.1. The van der Waals surface area contributed by atoms with Crippen LogP contribution in [0.25, 0.3) is 10.9 Å². The van der Waals surface area contributed by atoms with E-state index < -0.39 is 22.8 Å². The van der Waals surface area contributed by atoms with Crippen LogP contribution in [0.1, 0.15) is 42.6 Å². The first-order chi connectivity index (χ1) is 14.7. The zero-order valence-electron chi connectivity index (χ0n) is 17.6. The summed E-state index contributed by atoms with van der Waals surface area (Å²) in [6.45, 7) is 2.48. The van der Waals surface area contributed by atoms with Crippen LogP contribution in [0.3, 0.4) is 0 Å². The van der Waals surface area contributed by atoms with Crippen LogP contribution in [-0.2, 0) is 4.84 Å². The summed E-state index contributed by atoms with van der Waals surface area (Å²) in [6.07, 6.45) is 3.49. The molecule has 1 saturated heterocycles. The van der Waals surface area contributed by atoms with Crippen LogP contribution in [0.5, 0.6) is 5.75 Å². The number of methoxy groups -OCH3 is 1. The molecular formula is C21H25FN4O5. The molecule has 2 aromatic rings. The number of aromatic nitrogens is 1. The Morgan fingerprint density at radius 1 is 1.39 bits per heavy atom. The van der Waals surface area contributed by atoms with Crippen molar-refractivity contribution in [1.82, 2.24) is 4.57 Å². The van der Waals surface area contributed by atoms with E-state index in [4.69, 9.17) is 15.3 Å². The highest BCUT2D eigenvalue weighted by atomic mass is 19.1. The van der Waals surface area contributed by atoms with Crippen LogP contribution in [0, 0.1) is 5.82 Å². The molecule has 166 valence electrons. The fourth-order valence-electron chi connectivity index (χ4n) is 4.27. The van der Waals surface area contributed by atoms with Gasteiger partial charge < -0.3 is 29.9 Å². The average molecular weight is 432 g/mol. The molecule has 0 spiro atoms. The fourth-order valence-corrected chi connectivity index (χ4v) is 4.27. The van der Waals surface area contributed by atoms with Crippen LogP contribution in [0.15, 0.2) is 22.2 Å². The number of oxime groups is 1. The largest absolute Gasteiger partial charge is 0.492 e. The zero-order chi connectivity index (χ0) is 22.5. The molecule has 1 unspecified atom stereocenters. The average Bonchev–Trinajstić information content (AvgIpc) is 3.54. The first-order valence-electron chi connectivity index (χ1n) is 10.0. The normalized spacial score (nSPS) is 22.7. The molecular weight excluding hydrogens is 407 g/mol. The van der Waals surface area contributed by atoms with Gasteiger partial charge >= 0.3 is 5.97 Å². The number of ether oxygens (including phenoxy) is 1. The quantitative estimate of drug-likeness (QED) is 0.695. The van der Waals surface area contributed by atoms with Crippen molar-refractivity contribution in [2.75, 3.05) is 32.2 Å². The van der Waals surface area contributed by atoms with E-state index in [2.05, 4.69) is 5.16 Å². The summed E-state index contributed by atoms with van der Waals surface area (Å²) in [7, 11) is 2.86. The van der Waals surface area contributed by atoms with Gasteiger partial charge in [-0.1, -0.05) is 5.16 Å². The Hall–Kier alpha value is -3.14. The molecule has 2 aliphatic rings.